The SMILES string of the molecule is COC(C)(C)C(=O)Nc1ccc(Cl)cc1Br. The van der Waals surface area contributed by atoms with Gasteiger partial charge in [0.1, 0.15) is 5.60 Å². The van der Waals surface area contributed by atoms with Crippen LogP contribution in [-0.4, -0.2) is 18.6 Å². The van der Waals surface area contributed by atoms with Crippen LogP contribution in [0.1, 0.15) is 13.8 Å². The number of methoxy groups -OCH3 is 1. The molecule has 5 heteroatoms. The average molecular weight is 307 g/mol. The second-order valence-electron chi connectivity index (χ2n) is 3.79. The molecule has 0 bridgehead atoms. The van der Waals surface area contributed by atoms with Crippen LogP contribution in [-0.2, 0) is 9.53 Å². The molecule has 0 aliphatic heterocycles. The number of carbonyl (C=O) groups is 1. The van der Waals surface area contributed by atoms with Crippen LogP contribution in [0, 0.1) is 0 Å². The van der Waals surface area contributed by atoms with E-state index < -0.39 is 5.60 Å². The van der Waals surface area contributed by atoms with Gasteiger partial charge in [0, 0.05) is 16.6 Å². The fourth-order valence-corrected chi connectivity index (χ4v) is 1.74. The molecule has 0 radical (unpaired) electrons. The van der Waals surface area contributed by atoms with E-state index in [1.165, 1.54) is 7.11 Å². The van der Waals surface area contributed by atoms with Crippen LogP contribution in [0.3, 0.4) is 0 Å². The molecule has 1 N–H and O–H groups in total. The molecule has 1 aromatic carbocycles. The van der Waals surface area contributed by atoms with Crippen LogP contribution in [0.4, 0.5) is 5.69 Å². The summed E-state index contributed by atoms with van der Waals surface area (Å²) in [5, 5.41) is 3.37. The molecule has 16 heavy (non-hydrogen) atoms. The van der Waals surface area contributed by atoms with Crippen molar-refractivity contribution in [3.63, 3.8) is 0 Å². The summed E-state index contributed by atoms with van der Waals surface area (Å²) < 4.78 is 5.82. The second kappa shape index (κ2) is 5.17. The molecule has 0 aliphatic rings. The lowest BCUT2D eigenvalue weighted by Gasteiger charge is -2.22. The first kappa shape index (κ1) is 13.5. The predicted octanol–water partition coefficient (Wildman–Crippen LogP) is 3.47. The predicted molar refractivity (Wildman–Crippen MR) is 68.9 cm³/mol. The fourth-order valence-electron chi connectivity index (χ4n) is 0.956. The number of carbonyl (C=O) groups excluding carboxylic acids is 1. The van der Waals surface area contributed by atoms with Crippen molar-refractivity contribution in [3.8, 4) is 0 Å². The van der Waals surface area contributed by atoms with Gasteiger partial charge in [0.2, 0.25) is 0 Å². The van der Waals surface area contributed by atoms with E-state index in [4.69, 9.17) is 16.3 Å². The Morgan fingerprint density at radius 3 is 2.62 bits per heavy atom. The quantitative estimate of drug-likeness (QED) is 0.928. The number of anilines is 1. The average Bonchev–Trinajstić information content (AvgIpc) is 2.22. The summed E-state index contributed by atoms with van der Waals surface area (Å²) >= 11 is 9.13. The number of hydrogen-bond acceptors (Lipinski definition) is 2. The normalized spacial score (nSPS) is 11.3. The molecular weight excluding hydrogens is 293 g/mol. The van der Waals surface area contributed by atoms with E-state index >= 15 is 0 Å². The van der Waals surface area contributed by atoms with Crippen LogP contribution < -0.4 is 5.32 Å². The second-order valence-corrected chi connectivity index (χ2v) is 5.08. The molecule has 1 aromatic rings. The standard InChI is InChI=1S/C11H13BrClNO2/c1-11(2,16-3)10(15)14-9-5-4-7(13)6-8(9)12/h4-6H,1-3H3,(H,14,15). The first-order valence-electron chi connectivity index (χ1n) is 4.68. The Labute approximate surface area is 108 Å². The van der Waals surface area contributed by atoms with Crippen molar-refractivity contribution in [2.75, 3.05) is 12.4 Å². The zero-order valence-electron chi connectivity index (χ0n) is 9.30. The maximum Gasteiger partial charge on any atom is 0.256 e. The summed E-state index contributed by atoms with van der Waals surface area (Å²) in [6, 6.07) is 5.16. The van der Waals surface area contributed by atoms with Crippen LogP contribution in [0.15, 0.2) is 22.7 Å². The van der Waals surface area contributed by atoms with Crippen molar-refractivity contribution >= 4 is 39.1 Å². The van der Waals surface area contributed by atoms with Crippen LogP contribution >= 0.6 is 27.5 Å². The van der Waals surface area contributed by atoms with Gasteiger partial charge in [0.05, 0.1) is 5.69 Å². The van der Waals surface area contributed by atoms with Crippen molar-refractivity contribution in [2.45, 2.75) is 19.4 Å². The summed E-state index contributed by atoms with van der Waals surface area (Å²) in [5.74, 6) is -0.210. The molecule has 0 heterocycles. The fraction of sp³-hybridized carbons (Fsp3) is 0.364. The topological polar surface area (TPSA) is 38.3 Å². The Morgan fingerprint density at radius 1 is 1.50 bits per heavy atom. The summed E-state index contributed by atoms with van der Waals surface area (Å²) in [7, 11) is 1.50. The van der Waals surface area contributed by atoms with Gasteiger partial charge in [-0.05, 0) is 48.0 Å². The van der Waals surface area contributed by atoms with E-state index in [1.54, 1.807) is 32.0 Å². The highest BCUT2D eigenvalue weighted by atomic mass is 79.9. The summed E-state index contributed by atoms with van der Waals surface area (Å²) in [6.45, 7) is 3.40. The van der Waals surface area contributed by atoms with E-state index in [0.717, 1.165) is 4.47 Å². The Morgan fingerprint density at radius 2 is 2.12 bits per heavy atom. The molecule has 88 valence electrons. The lowest BCUT2D eigenvalue weighted by atomic mass is 10.1. The van der Waals surface area contributed by atoms with Crippen LogP contribution in [0.2, 0.25) is 5.02 Å². The highest BCUT2D eigenvalue weighted by Crippen LogP contribution is 2.26. The molecule has 0 atom stereocenters. The van der Waals surface area contributed by atoms with Gasteiger partial charge in [-0.15, -0.1) is 0 Å². The summed E-state index contributed by atoms with van der Waals surface area (Å²) in [5.41, 5.74) is -0.196. The molecule has 3 nitrogen and oxygen atoms in total. The summed E-state index contributed by atoms with van der Waals surface area (Å²) in [6.07, 6.45) is 0. The van der Waals surface area contributed by atoms with E-state index in [1.807, 2.05) is 0 Å². The van der Waals surface area contributed by atoms with Gasteiger partial charge in [-0.2, -0.15) is 0 Å². The number of rotatable bonds is 3. The minimum Gasteiger partial charge on any atom is -0.369 e. The van der Waals surface area contributed by atoms with Crippen molar-refractivity contribution < 1.29 is 9.53 Å². The molecule has 0 unspecified atom stereocenters. The molecule has 0 fully saturated rings. The van der Waals surface area contributed by atoms with Crippen LogP contribution in [0.5, 0.6) is 0 Å². The Hall–Kier alpha value is -0.580. The van der Waals surface area contributed by atoms with E-state index in [0.29, 0.717) is 10.7 Å². The highest BCUT2D eigenvalue weighted by Gasteiger charge is 2.27. The zero-order valence-corrected chi connectivity index (χ0v) is 11.6. The number of hydrogen-bond donors (Lipinski definition) is 1. The summed E-state index contributed by atoms with van der Waals surface area (Å²) in [4.78, 5) is 11.8. The van der Waals surface area contributed by atoms with Gasteiger partial charge in [-0.25, -0.2) is 0 Å². The van der Waals surface area contributed by atoms with Crippen molar-refractivity contribution in [1.29, 1.82) is 0 Å². The van der Waals surface area contributed by atoms with Crippen LogP contribution in [0.25, 0.3) is 0 Å². The maximum atomic E-state index is 11.8. The van der Waals surface area contributed by atoms with E-state index in [9.17, 15) is 4.79 Å². The van der Waals surface area contributed by atoms with Crippen molar-refractivity contribution in [3.05, 3.63) is 27.7 Å². The third-order valence-electron chi connectivity index (χ3n) is 2.24. The Bertz CT molecular complexity index is 407. The highest BCUT2D eigenvalue weighted by molar-refractivity contribution is 9.10. The number of halogens is 2. The van der Waals surface area contributed by atoms with E-state index in [-0.39, 0.29) is 5.91 Å². The minimum absolute atomic E-state index is 0.210. The molecule has 0 saturated carbocycles. The monoisotopic (exact) mass is 305 g/mol. The Kier molecular flexibility index (Phi) is 4.35. The number of ether oxygens (including phenoxy) is 1. The Balaban J connectivity index is 2.85. The molecule has 0 aliphatic carbocycles. The lowest BCUT2D eigenvalue weighted by Crippen LogP contribution is -2.38. The first-order chi connectivity index (χ1) is 7.36. The van der Waals surface area contributed by atoms with Gasteiger partial charge in [0.15, 0.2) is 0 Å². The zero-order chi connectivity index (χ0) is 12.3. The molecular formula is C11H13BrClNO2. The third-order valence-corrected chi connectivity index (χ3v) is 3.13. The van der Waals surface area contributed by atoms with Crippen molar-refractivity contribution in [2.24, 2.45) is 0 Å². The van der Waals surface area contributed by atoms with Gasteiger partial charge in [0.25, 0.3) is 5.91 Å². The van der Waals surface area contributed by atoms with Gasteiger partial charge in [-0.1, -0.05) is 11.6 Å². The minimum atomic E-state index is -0.862. The largest absolute Gasteiger partial charge is 0.369 e. The number of benzene rings is 1. The lowest BCUT2D eigenvalue weighted by molar-refractivity contribution is -0.133. The van der Waals surface area contributed by atoms with Crippen molar-refractivity contribution in [1.82, 2.24) is 0 Å². The van der Waals surface area contributed by atoms with E-state index in [2.05, 4.69) is 21.2 Å². The number of amides is 1. The molecule has 0 spiro atoms. The van der Waals surface area contributed by atoms with Gasteiger partial charge in [-0.3, -0.25) is 4.79 Å². The molecule has 1 rings (SSSR count). The first-order valence-corrected chi connectivity index (χ1v) is 5.85. The molecule has 0 aromatic heterocycles. The molecule has 1 amide bonds. The van der Waals surface area contributed by atoms with Gasteiger partial charge < -0.3 is 10.1 Å². The maximum absolute atomic E-state index is 11.8. The number of nitrogens with one attached hydrogen (secondary N) is 1. The third kappa shape index (κ3) is 3.20. The van der Waals surface area contributed by atoms with Gasteiger partial charge >= 0.3 is 0 Å². The molecule has 0 saturated heterocycles. The smallest absolute Gasteiger partial charge is 0.256 e.